The van der Waals surface area contributed by atoms with Crippen LogP contribution < -0.4 is 10.6 Å². The van der Waals surface area contributed by atoms with Crippen molar-refractivity contribution in [3.8, 4) is 5.69 Å². The van der Waals surface area contributed by atoms with Crippen LogP contribution in [-0.2, 0) is 0 Å². The van der Waals surface area contributed by atoms with E-state index in [1.807, 2.05) is 26.1 Å². The Labute approximate surface area is 162 Å². The first-order chi connectivity index (χ1) is 12.9. The molecule has 0 fully saturated rings. The van der Waals surface area contributed by atoms with Crippen LogP contribution in [0, 0.1) is 0 Å². The van der Waals surface area contributed by atoms with Crippen molar-refractivity contribution in [1.29, 1.82) is 0 Å². The van der Waals surface area contributed by atoms with Crippen molar-refractivity contribution in [3.63, 3.8) is 0 Å². The molecule has 0 aliphatic carbocycles. The molecule has 1 heterocycles. The molecule has 0 aliphatic heterocycles. The summed E-state index contributed by atoms with van der Waals surface area (Å²) in [5, 5.41) is 10.1. The predicted octanol–water partition coefficient (Wildman–Crippen LogP) is 3.92. The van der Waals surface area contributed by atoms with Gasteiger partial charge in [0, 0.05) is 29.6 Å². The molecule has 6 nitrogen and oxygen atoms in total. The highest BCUT2D eigenvalue weighted by atomic mass is 35.5. The fourth-order valence-corrected chi connectivity index (χ4v) is 2.65. The molecule has 2 N–H and O–H groups in total. The topological polar surface area (TPSA) is 76.0 Å². The van der Waals surface area contributed by atoms with E-state index in [1.54, 1.807) is 53.3 Å². The van der Waals surface area contributed by atoms with Crippen molar-refractivity contribution >= 4 is 29.1 Å². The SMILES string of the molecule is CC(C)NC(=O)c1ccc(Cl)c(NC(=O)c2ccc(-n3cccn3)cc2)c1. The molecule has 2 aromatic carbocycles. The maximum atomic E-state index is 12.5. The maximum Gasteiger partial charge on any atom is 0.255 e. The highest BCUT2D eigenvalue weighted by Crippen LogP contribution is 2.24. The number of anilines is 1. The number of halogens is 1. The van der Waals surface area contributed by atoms with Crippen LogP contribution in [-0.4, -0.2) is 27.6 Å². The quantitative estimate of drug-likeness (QED) is 0.702. The van der Waals surface area contributed by atoms with E-state index < -0.39 is 0 Å². The molecule has 27 heavy (non-hydrogen) atoms. The van der Waals surface area contributed by atoms with Gasteiger partial charge in [-0.3, -0.25) is 9.59 Å². The van der Waals surface area contributed by atoms with Crippen LogP contribution in [0.3, 0.4) is 0 Å². The van der Waals surface area contributed by atoms with Crippen LogP contribution >= 0.6 is 11.6 Å². The van der Waals surface area contributed by atoms with Gasteiger partial charge in [0.1, 0.15) is 0 Å². The van der Waals surface area contributed by atoms with Gasteiger partial charge in [0.15, 0.2) is 0 Å². The van der Waals surface area contributed by atoms with Gasteiger partial charge >= 0.3 is 0 Å². The van der Waals surface area contributed by atoms with E-state index >= 15 is 0 Å². The summed E-state index contributed by atoms with van der Waals surface area (Å²) in [6.07, 6.45) is 3.51. The average molecular weight is 383 g/mol. The number of carbonyl (C=O) groups excluding carboxylic acids is 2. The van der Waals surface area contributed by atoms with Crippen LogP contribution in [0.5, 0.6) is 0 Å². The number of hydrogen-bond donors (Lipinski definition) is 2. The average Bonchev–Trinajstić information content (AvgIpc) is 3.17. The third-order valence-electron chi connectivity index (χ3n) is 3.79. The lowest BCUT2D eigenvalue weighted by atomic mass is 10.1. The fraction of sp³-hybridized carbons (Fsp3) is 0.150. The molecule has 0 radical (unpaired) electrons. The number of nitrogens with zero attached hydrogens (tertiary/aromatic N) is 2. The smallest absolute Gasteiger partial charge is 0.255 e. The van der Waals surface area contributed by atoms with E-state index in [4.69, 9.17) is 11.6 Å². The summed E-state index contributed by atoms with van der Waals surface area (Å²) in [6, 6.07) is 13.6. The molecule has 0 saturated carbocycles. The van der Waals surface area contributed by atoms with Crippen molar-refractivity contribution in [2.45, 2.75) is 19.9 Å². The molecular weight excluding hydrogens is 364 g/mol. The molecule has 3 rings (SSSR count). The van der Waals surface area contributed by atoms with Gasteiger partial charge in [-0.05, 0) is 62.4 Å². The number of amides is 2. The van der Waals surface area contributed by atoms with E-state index in [-0.39, 0.29) is 17.9 Å². The molecule has 0 saturated heterocycles. The van der Waals surface area contributed by atoms with Gasteiger partial charge in [0.2, 0.25) is 0 Å². The number of benzene rings is 2. The van der Waals surface area contributed by atoms with E-state index in [2.05, 4.69) is 15.7 Å². The Morgan fingerprint density at radius 1 is 1.04 bits per heavy atom. The zero-order chi connectivity index (χ0) is 19.4. The molecule has 138 valence electrons. The third kappa shape index (κ3) is 4.54. The molecule has 3 aromatic rings. The molecular formula is C20H19ClN4O2. The Morgan fingerprint density at radius 3 is 2.37 bits per heavy atom. The molecule has 0 aliphatic rings. The lowest BCUT2D eigenvalue weighted by Gasteiger charge is -2.12. The van der Waals surface area contributed by atoms with Crippen molar-refractivity contribution < 1.29 is 9.59 Å². The molecule has 0 atom stereocenters. The minimum Gasteiger partial charge on any atom is -0.350 e. The second-order valence-electron chi connectivity index (χ2n) is 6.27. The summed E-state index contributed by atoms with van der Waals surface area (Å²) in [5.41, 5.74) is 2.13. The number of carbonyl (C=O) groups is 2. The molecule has 0 spiro atoms. The minimum absolute atomic E-state index is 0.0134. The monoisotopic (exact) mass is 382 g/mol. The van der Waals surface area contributed by atoms with Crippen LogP contribution in [0.1, 0.15) is 34.6 Å². The Morgan fingerprint density at radius 2 is 1.74 bits per heavy atom. The zero-order valence-electron chi connectivity index (χ0n) is 14.9. The van der Waals surface area contributed by atoms with Crippen LogP contribution in [0.2, 0.25) is 5.02 Å². The van der Waals surface area contributed by atoms with Gasteiger partial charge in [-0.1, -0.05) is 11.6 Å². The summed E-state index contributed by atoms with van der Waals surface area (Å²) in [6.45, 7) is 3.76. The normalized spacial score (nSPS) is 10.7. The second-order valence-corrected chi connectivity index (χ2v) is 6.68. The van der Waals surface area contributed by atoms with Crippen molar-refractivity contribution in [3.05, 3.63) is 77.1 Å². The summed E-state index contributed by atoms with van der Waals surface area (Å²) in [4.78, 5) is 24.7. The highest BCUT2D eigenvalue weighted by molar-refractivity contribution is 6.34. The zero-order valence-corrected chi connectivity index (χ0v) is 15.7. The van der Waals surface area contributed by atoms with E-state index in [9.17, 15) is 9.59 Å². The number of nitrogens with one attached hydrogen (secondary N) is 2. The largest absolute Gasteiger partial charge is 0.350 e. The van der Waals surface area contributed by atoms with Crippen LogP contribution in [0.4, 0.5) is 5.69 Å². The first-order valence-corrected chi connectivity index (χ1v) is 8.83. The summed E-state index contributed by atoms with van der Waals surface area (Å²) in [5.74, 6) is -0.536. The Balaban J connectivity index is 1.76. The van der Waals surface area contributed by atoms with Crippen molar-refractivity contribution in [2.24, 2.45) is 0 Å². The number of rotatable bonds is 5. The van der Waals surface area contributed by atoms with E-state index in [1.165, 1.54) is 0 Å². The Hall–Kier alpha value is -3.12. The first kappa shape index (κ1) is 18.7. The molecule has 1 aromatic heterocycles. The summed E-state index contributed by atoms with van der Waals surface area (Å²) < 4.78 is 1.70. The van der Waals surface area contributed by atoms with Gasteiger partial charge in [-0.25, -0.2) is 4.68 Å². The van der Waals surface area contributed by atoms with Gasteiger partial charge in [0.05, 0.1) is 16.4 Å². The Bertz CT molecular complexity index is 951. The van der Waals surface area contributed by atoms with Crippen molar-refractivity contribution in [2.75, 3.05) is 5.32 Å². The van der Waals surface area contributed by atoms with Gasteiger partial charge < -0.3 is 10.6 Å². The second kappa shape index (κ2) is 8.05. The number of hydrogen-bond acceptors (Lipinski definition) is 3. The summed E-state index contributed by atoms with van der Waals surface area (Å²) >= 11 is 6.17. The first-order valence-electron chi connectivity index (χ1n) is 8.46. The summed E-state index contributed by atoms with van der Waals surface area (Å²) in [7, 11) is 0. The lowest BCUT2D eigenvalue weighted by Crippen LogP contribution is -2.30. The van der Waals surface area contributed by atoms with Crippen molar-refractivity contribution in [1.82, 2.24) is 15.1 Å². The Kier molecular flexibility index (Phi) is 5.57. The number of aromatic nitrogens is 2. The maximum absolute atomic E-state index is 12.5. The van der Waals surface area contributed by atoms with Crippen LogP contribution in [0.25, 0.3) is 5.69 Å². The third-order valence-corrected chi connectivity index (χ3v) is 4.12. The lowest BCUT2D eigenvalue weighted by molar-refractivity contribution is 0.0942. The molecule has 0 unspecified atom stereocenters. The standard InChI is InChI=1S/C20H19ClN4O2/c1-13(2)23-20(27)15-6-9-17(21)18(12-15)24-19(26)14-4-7-16(8-5-14)25-11-3-10-22-25/h3-13H,1-2H3,(H,23,27)(H,24,26). The van der Waals surface area contributed by atoms with Gasteiger partial charge in [0.25, 0.3) is 11.8 Å². The molecule has 7 heteroatoms. The molecule has 0 bridgehead atoms. The van der Waals surface area contributed by atoms with Gasteiger partial charge in [-0.2, -0.15) is 5.10 Å². The van der Waals surface area contributed by atoms with Gasteiger partial charge in [-0.15, -0.1) is 0 Å². The highest BCUT2D eigenvalue weighted by Gasteiger charge is 2.13. The minimum atomic E-state index is -0.315. The fourth-order valence-electron chi connectivity index (χ4n) is 2.49. The predicted molar refractivity (Wildman–Crippen MR) is 106 cm³/mol. The van der Waals surface area contributed by atoms with Crippen LogP contribution in [0.15, 0.2) is 60.9 Å². The van der Waals surface area contributed by atoms with E-state index in [0.717, 1.165) is 5.69 Å². The van der Waals surface area contributed by atoms with E-state index in [0.29, 0.717) is 21.8 Å². The molecule has 2 amide bonds.